The molecule has 1 aliphatic rings. The SMILES string of the molecule is Nc1nc(-c2ccc3c(c2)OCCO3)ncc1F. The topological polar surface area (TPSA) is 70.3 Å². The lowest BCUT2D eigenvalue weighted by Crippen LogP contribution is -2.15. The van der Waals surface area contributed by atoms with Crippen molar-refractivity contribution in [1.29, 1.82) is 0 Å². The Morgan fingerprint density at radius 2 is 1.94 bits per heavy atom. The van der Waals surface area contributed by atoms with Crippen LogP contribution in [0.5, 0.6) is 11.5 Å². The normalized spacial score (nSPS) is 13.4. The van der Waals surface area contributed by atoms with Crippen molar-refractivity contribution in [2.24, 2.45) is 0 Å². The van der Waals surface area contributed by atoms with E-state index in [0.717, 1.165) is 6.20 Å². The molecule has 2 heterocycles. The molecular weight excluding hydrogens is 237 g/mol. The molecule has 3 rings (SSSR count). The van der Waals surface area contributed by atoms with E-state index in [1.165, 1.54) is 0 Å². The molecule has 2 N–H and O–H groups in total. The first kappa shape index (κ1) is 10.8. The zero-order chi connectivity index (χ0) is 12.5. The van der Waals surface area contributed by atoms with E-state index < -0.39 is 5.82 Å². The molecule has 1 aromatic carbocycles. The van der Waals surface area contributed by atoms with E-state index in [1.807, 2.05) is 0 Å². The number of fused-ring (bicyclic) bond motifs is 1. The molecule has 0 spiro atoms. The van der Waals surface area contributed by atoms with Crippen LogP contribution in [0.2, 0.25) is 0 Å². The van der Waals surface area contributed by atoms with Crippen LogP contribution in [0.15, 0.2) is 24.4 Å². The first-order valence-electron chi connectivity index (χ1n) is 5.42. The number of nitrogen functional groups attached to an aromatic ring is 1. The first-order valence-corrected chi connectivity index (χ1v) is 5.42. The second-order valence-electron chi connectivity index (χ2n) is 3.79. The maximum Gasteiger partial charge on any atom is 0.183 e. The number of hydrogen-bond donors (Lipinski definition) is 1. The third-order valence-corrected chi connectivity index (χ3v) is 2.57. The Morgan fingerprint density at radius 3 is 2.72 bits per heavy atom. The average molecular weight is 247 g/mol. The molecule has 0 fully saturated rings. The molecule has 0 radical (unpaired) electrons. The highest BCUT2D eigenvalue weighted by Crippen LogP contribution is 2.33. The molecule has 18 heavy (non-hydrogen) atoms. The van der Waals surface area contributed by atoms with Gasteiger partial charge in [0.05, 0.1) is 6.20 Å². The number of aromatic nitrogens is 2. The molecule has 5 nitrogen and oxygen atoms in total. The van der Waals surface area contributed by atoms with Gasteiger partial charge in [-0.2, -0.15) is 0 Å². The van der Waals surface area contributed by atoms with E-state index in [9.17, 15) is 4.39 Å². The molecule has 2 aromatic rings. The van der Waals surface area contributed by atoms with Crippen molar-refractivity contribution in [2.75, 3.05) is 18.9 Å². The van der Waals surface area contributed by atoms with Crippen molar-refractivity contribution in [1.82, 2.24) is 9.97 Å². The van der Waals surface area contributed by atoms with Crippen LogP contribution >= 0.6 is 0 Å². The Bertz CT molecular complexity index is 604. The molecule has 0 aliphatic carbocycles. The lowest BCUT2D eigenvalue weighted by atomic mass is 10.2. The molecule has 92 valence electrons. The summed E-state index contributed by atoms with van der Waals surface area (Å²) in [5, 5.41) is 0. The van der Waals surface area contributed by atoms with Gasteiger partial charge in [-0.15, -0.1) is 0 Å². The summed E-state index contributed by atoms with van der Waals surface area (Å²) >= 11 is 0. The van der Waals surface area contributed by atoms with Crippen LogP contribution < -0.4 is 15.2 Å². The molecule has 1 aromatic heterocycles. The van der Waals surface area contributed by atoms with Gasteiger partial charge < -0.3 is 15.2 Å². The van der Waals surface area contributed by atoms with Gasteiger partial charge >= 0.3 is 0 Å². The fourth-order valence-corrected chi connectivity index (χ4v) is 1.70. The highest BCUT2D eigenvalue weighted by atomic mass is 19.1. The Labute approximate surface area is 102 Å². The van der Waals surface area contributed by atoms with E-state index in [-0.39, 0.29) is 5.82 Å². The molecule has 1 aliphatic heterocycles. The smallest absolute Gasteiger partial charge is 0.183 e. The molecule has 6 heteroatoms. The number of halogens is 1. The van der Waals surface area contributed by atoms with Gasteiger partial charge in [-0.1, -0.05) is 0 Å². The predicted molar refractivity (Wildman–Crippen MR) is 62.8 cm³/mol. The van der Waals surface area contributed by atoms with E-state index >= 15 is 0 Å². The monoisotopic (exact) mass is 247 g/mol. The van der Waals surface area contributed by atoms with Gasteiger partial charge in [-0.25, -0.2) is 14.4 Å². The van der Waals surface area contributed by atoms with Gasteiger partial charge in [-0.05, 0) is 18.2 Å². The summed E-state index contributed by atoms with van der Waals surface area (Å²) in [5.41, 5.74) is 6.11. The van der Waals surface area contributed by atoms with Crippen molar-refractivity contribution >= 4 is 5.82 Å². The fraction of sp³-hybridized carbons (Fsp3) is 0.167. The molecule has 0 bridgehead atoms. The Hall–Kier alpha value is -2.37. The summed E-state index contributed by atoms with van der Waals surface area (Å²) in [7, 11) is 0. The zero-order valence-corrected chi connectivity index (χ0v) is 9.39. The first-order chi connectivity index (χ1) is 8.74. The van der Waals surface area contributed by atoms with Gasteiger partial charge in [0.1, 0.15) is 13.2 Å². The molecule has 0 unspecified atom stereocenters. The van der Waals surface area contributed by atoms with Gasteiger partial charge in [0.15, 0.2) is 29.0 Å². The Kier molecular flexibility index (Phi) is 2.47. The highest BCUT2D eigenvalue weighted by molar-refractivity contribution is 5.62. The van der Waals surface area contributed by atoms with Crippen molar-refractivity contribution in [3.63, 3.8) is 0 Å². The number of benzene rings is 1. The standard InChI is InChI=1S/C12H10FN3O2/c13-8-6-15-12(16-11(8)14)7-1-2-9-10(5-7)18-4-3-17-9/h1-2,5-6H,3-4H2,(H2,14,15,16). The van der Waals surface area contributed by atoms with Gasteiger partial charge in [-0.3, -0.25) is 0 Å². The minimum atomic E-state index is -0.628. The zero-order valence-electron chi connectivity index (χ0n) is 9.39. The van der Waals surface area contributed by atoms with E-state index in [4.69, 9.17) is 15.2 Å². The summed E-state index contributed by atoms with van der Waals surface area (Å²) in [6.45, 7) is 1.04. The number of nitrogens with zero attached hydrogens (tertiary/aromatic N) is 2. The maximum absolute atomic E-state index is 13.0. The summed E-state index contributed by atoms with van der Waals surface area (Å²) in [6.07, 6.45) is 1.05. The van der Waals surface area contributed by atoms with E-state index in [2.05, 4.69) is 9.97 Å². The lowest BCUT2D eigenvalue weighted by Gasteiger charge is -2.18. The fourth-order valence-electron chi connectivity index (χ4n) is 1.70. The number of hydrogen-bond acceptors (Lipinski definition) is 5. The lowest BCUT2D eigenvalue weighted by molar-refractivity contribution is 0.171. The highest BCUT2D eigenvalue weighted by Gasteiger charge is 2.14. The third-order valence-electron chi connectivity index (χ3n) is 2.57. The van der Waals surface area contributed by atoms with Crippen LogP contribution in [-0.2, 0) is 0 Å². The summed E-state index contributed by atoms with van der Waals surface area (Å²) < 4.78 is 23.9. The largest absolute Gasteiger partial charge is 0.486 e. The van der Waals surface area contributed by atoms with Gasteiger partial charge in [0.2, 0.25) is 0 Å². The summed E-state index contributed by atoms with van der Waals surface area (Å²) in [6, 6.07) is 5.30. The van der Waals surface area contributed by atoms with Crippen LogP contribution in [0.4, 0.5) is 10.2 Å². The van der Waals surface area contributed by atoms with Crippen LogP contribution in [0.25, 0.3) is 11.4 Å². The number of rotatable bonds is 1. The maximum atomic E-state index is 13.0. The van der Waals surface area contributed by atoms with Crippen molar-refractivity contribution in [3.8, 4) is 22.9 Å². The minimum absolute atomic E-state index is 0.171. The number of ether oxygens (including phenoxy) is 2. The molecule has 0 atom stereocenters. The predicted octanol–water partition coefficient (Wildman–Crippen LogP) is 1.64. The van der Waals surface area contributed by atoms with Crippen LogP contribution in [-0.4, -0.2) is 23.2 Å². The Morgan fingerprint density at radius 1 is 1.17 bits per heavy atom. The van der Waals surface area contributed by atoms with Crippen molar-refractivity contribution in [2.45, 2.75) is 0 Å². The number of nitrogens with two attached hydrogens (primary N) is 1. The van der Waals surface area contributed by atoms with E-state index in [1.54, 1.807) is 18.2 Å². The van der Waals surface area contributed by atoms with Gasteiger partial charge in [0.25, 0.3) is 0 Å². The van der Waals surface area contributed by atoms with Crippen LogP contribution in [0.3, 0.4) is 0 Å². The van der Waals surface area contributed by atoms with Crippen molar-refractivity contribution in [3.05, 3.63) is 30.2 Å². The van der Waals surface area contributed by atoms with Crippen LogP contribution in [0, 0.1) is 5.82 Å². The Balaban J connectivity index is 2.03. The summed E-state index contributed by atoms with van der Waals surface area (Å²) in [5.74, 6) is 0.863. The molecule has 0 saturated carbocycles. The second-order valence-corrected chi connectivity index (χ2v) is 3.79. The number of anilines is 1. The summed E-state index contributed by atoms with van der Waals surface area (Å²) in [4.78, 5) is 7.78. The second kappa shape index (κ2) is 4.14. The van der Waals surface area contributed by atoms with Crippen molar-refractivity contribution < 1.29 is 13.9 Å². The molecule has 0 amide bonds. The van der Waals surface area contributed by atoms with E-state index in [0.29, 0.717) is 36.1 Å². The average Bonchev–Trinajstić information content (AvgIpc) is 2.41. The van der Waals surface area contributed by atoms with Crippen LogP contribution in [0.1, 0.15) is 0 Å². The van der Waals surface area contributed by atoms with Gasteiger partial charge in [0, 0.05) is 5.56 Å². The quantitative estimate of drug-likeness (QED) is 0.829. The minimum Gasteiger partial charge on any atom is -0.486 e. The molecule has 0 saturated heterocycles. The third kappa shape index (κ3) is 1.81. The molecular formula is C12H10FN3O2.